The maximum Gasteiger partial charge on any atom is 0.196 e. The second-order valence-corrected chi connectivity index (χ2v) is 4.23. The van der Waals surface area contributed by atoms with E-state index in [4.69, 9.17) is 14.9 Å². The zero-order valence-electron chi connectivity index (χ0n) is 9.32. The zero-order valence-corrected chi connectivity index (χ0v) is 9.32. The quantitative estimate of drug-likeness (QED) is 0.825. The van der Waals surface area contributed by atoms with E-state index in [9.17, 15) is 0 Å². The zero-order chi connectivity index (χ0) is 10.8. The van der Waals surface area contributed by atoms with Gasteiger partial charge in [0, 0.05) is 19.1 Å². The van der Waals surface area contributed by atoms with Gasteiger partial charge >= 0.3 is 0 Å². The molecule has 1 aromatic rings. The Balaban J connectivity index is 2.13. The summed E-state index contributed by atoms with van der Waals surface area (Å²) in [4.78, 5) is 4.46. The highest BCUT2D eigenvalue weighted by atomic mass is 16.5. The van der Waals surface area contributed by atoms with Crippen molar-refractivity contribution in [3.63, 3.8) is 0 Å². The predicted octanol–water partition coefficient (Wildman–Crippen LogP) is 1.72. The second kappa shape index (κ2) is 4.33. The molecular formula is C11H18N2O2. The Hall–Kier alpha value is -0.870. The maximum atomic E-state index is 5.71. The molecule has 2 N–H and O–H groups in total. The number of nitrogens with zero attached hydrogens (tertiary/aromatic N) is 1. The van der Waals surface area contributed by atoms with E-state index in [0.717, 1.165) is 36.8 Å². The van der Waals surface area contributed by atoms with E-state index in [0.29, 0.717) is 6.42 Å². The van der Waals surface area contributed by atoms with Crippen LogP contribution in [-0.4, -0.2) is 17.6 Å². The van der Waals surface area contributed by atoms with Gasteiger partial charge in [0.15, 0.2) is 5.89 Å². The Kier molecular flexibility index (Phi) is 3.07. The van der Waals surface area contributed by atoms with E-state index in [1.54, 1.807) is 0 Å². The molecule has 0 saturated carbocycles. The minimum absolute atomic E-state index is 0.0837. The Bertz CT molecular complexity index is 327. The number of ether oxygens (including phenoxy) is 1. The number of nitrogens with two attached hydrogens (primary N) is 1. The lowest BCUT2D eigenvalue weighted by atomic mass is 10.1. The molecular weight excluding hydrogens is 192 g/mol. The lowest BCUT2D eigenvalue weighted by Gasteiger charge is -2.04. The van der Waals surface area contributed by atoms with Gasteiger partial charge < -0.3 is 14.9 Å². The highest BCUT2D eigenvalue weighted by Gasteiger charge is 2.24. The van der Waals surface area contributed by atoms with Crippen LogP contribution in [0.5, 0.6) is 0 Å². The first kappa shape index (κ1) is 10.6. The van der Waals surface area contributed by atoms with Gasteiger partial charge in [-0.3, -0.25) is 0 Å². The van der Waals surface area contributed by atoms with Crippen molar-refractivity contribution in [2.45, 2.75) is 45.3 Å². The van der Waals surface area contributed by atoms with Crippen LogP contribution in [0.3, 0.4) is 0 Å². The molecule has 0 aliphatic carbocycles. The molecule has 1 aliphatic rings. The van der Waals surface area contributed by atoms with Crippen LogP contribution in [-0.2, 0) is 11.2 Å². The minimum Gasteiger partial charge on any atom is -0.446 e. The van der Waals surface area contributed by atoms with E-state index in [2.05, 4.69) is 4.98 Å². The summed E-state index contributed by atoms with van der Waals surface area (Å²) < 4.78 is 11.2. The normalized spacial score (nSPS) is 23.3. The summed E-state index contributed by atoms with van der Waals surface area (Å²) in [5.41, 5.74) is 6.67. The Morgan fingerprint density at radius 3 is 3.00 bits per heavy atom. The van der Waals surface area contributed by atoms with Gasteiger partial charge in [-0.1, -0.05) is 0 Å². The van der Waals surface area contributed by atoms with Crippen molar-refractivity contribution in [3.05, 3.63) is 17.3 Å². The summed E-state index contributed by atoms with van der Waals surface area (Å²) in [5.74, 6) is 1.60. The van der Waals surface area contributed by atoms with E-state index in [1.807, 2.05) is 13.8 Å². The third-order valence-corrected chi connectivity index (χ3v) is 2.61. The fourth-order valence-electron chi connectivity index (χ4n) is 1.92. The summed E-state index contributed by atoms with van der Waals surface area (Å²) in [6.45, 7) is 4.72. The van der Waals surface area contributed by atoms with Gasteiger partial charge in [0.05, 0.1) is 0 Å². The number of hydrogen-bond acceptors (Lipinski definition) is 4. The Labute approximate surface area is 89.8 Å². The van der Waals surface area contributed by atoms with Crippen molar-refractivity contribution in [1.29, 1.82) is 0 Å². The van der Waals surface area contributed by atoms with Crippen LogP contribution < -0.4 is 5.73 Å². The highest BCUT2D eigenvalue weighted by molar-refractivity contribution is 5.12. The molecule has 4 heteroatoms. The lowest BCUT2D eigenvalue weighted by molar-refractivity contribution is 0.108. The highest BCUT2D eigenvalue weighted by Crippen LogP contribution is 2.30. The van der Waals surface area contributed by atoms with Crippen LogP contribution in [0.4, 0.5) is 0 Å². The van der Waals surface area contributed by atoms with Crippen LogP contribution in [0.2, 0.25) is 0 Å². The van der Waals surface area contributed by atoms with Gasteiger partial charge in [0.2, 0.25) is 0 Å². The molecule has 0 spiro atoms. The fourth-order valence-corrected chi connectivity index (χ4v) is 1.92. The maximum absolute atomic E-state index is 5.71. The number of aryl methyl sites for hydroxylation is 1. The SMILES string of the molecule is Cc1oc(CC(C)N)nc1C1CCCO1. The molecule has 2 rings (SSSR count). The molecule has 2 atom stereocenters. The Morgan fingerprint density at radius 1 is 1.60 bits per heavy atom. The summed E-state index contributed by atoms with van der Waals surface area (Å²) in [7, 11) is 0. The van der Waals surface area contributed by atoms with Gasteiger partial charge in [0.1, 0.15) is 17.6 Å². The molecule has 0 bridgehead atoms. The molecule has 84 valence electrons. The first-order chi connectivity index (χ1) is 7.16. The second-order valence-electron chi connectivity index (χ2n) is 4.23. The van der Waals surface area contributed by atoms with Crippen LogP contribution >= 0.6 is 0 Å². The topological polar surface area (TPSA) is 61.3 Å². The smallest absolute Gasteiger partial charge is 0.196 e. The van der Waals surface area contributed by atoms with Crippen LogP contribution in [0.25, 0.3) is 0 Å². The number of rotatable bonds is 3. The van der Waals surface area contributed by atoms with E-state index >= 15 is 0 Å². The van der Waals surface area contributed by atoms with E-state index in [-0.39, 0.29) is 12.1 Å². The molecule has 1 aliphatic heterocycles. The monoisotopic (exact) mass is 210 g/mol. The van der Waals surface area contributed by atoms with Crippen LogP contribution in [0.1, 0.15) is 43.2 Å². The van der Waals surface area contributed by atoms with Crippen molar-refractivity contribution < 1.29 is 9.15 Å². The largest absolute Gasteiger partial charge is 0.446 e. The summed E-state index contributed by atoms with van der Waals surface area (Å²) in [6, 6.07) is 0.0837. The molecule has 0 radical (unpaired) electrons. The first-order valence-corrected chi connectivity index (χ1v) is 5.50. The molecule has 15 heavy (non-hydrogen) atoms. The van der Waals surface area contributed by atoms with Crippen molar-refractivity contribution >= 4 is 0 Å². The lowest BCUT2D eigenvalue weighted by Crippen LogP contribution is -2.17. The van der Waals surface area contributed by atoms with E-state index in [1.165, 1.54) is 0 Å². The fraction of sp³-hybridized carbons (Fsp3) is 0.727. The molecule has 2 unspecified atom stereocenters. The molecule has 1 aromatic heterocycles. The molecule has 2 heterocycles. The number of hydrogen-bond donors (Lipinski definition) is 1. The van der Waals surface area contributed by atoms with E-state index < -0.39 is 0 Å². The molecule has 1 saturated heterocycles. The number of aromatic nitrogens is 1. The van der Waals surface area contributed by atoms with Crippen LogP contribution in [0.15, 0.2) is 4.42 Å². The minimum atomic E-state index is 0.0837. The summed E-state index contributed by atoms with van der Waals surface area (Å²) in [5, 5.41) is 0. The third kappa shape index (κ3) is 2.38. The molecule has 0 aromatic carbocycles. The number of oxazole rings is 1. The van der Waals surface area contributed by atoms with Gasteiger partial charge in [-0.25, -0.2) is 4.98 Å². The Morgan fingerprint density at radius 2 is 2.40 bits per heavy atom. The van der Waals surface area contributed by atoms with Gasteiger partial charge in [-0.05, 0) is 26.7 Å². The van der Waals surface area contributed by atoms with Crippen molar-refractivity contribution in [2.75, 3.05) is 6.61 Å². The van der Waals surface area contributed by atoms with Gasteiger partial charge in [-0.2, -0.15) is 0 Å². The first-order valence-electron chi connectivity index (χ1n) is 5.50. The molecule has 4 nitrogen and oxygen atoms in total. The standard InChI is InChI=1S/C11H18N2O2/c1-7(12)6-10-13-11(8(2)15-10)9-4-3-5-14-9/h7,9H,3-6,12H2,1-2H3. The predicted molar refractivity (Wildman–Crippen MR) is 56.5 cm³/mol. The molecule has 0 amide bonds. The van der Waals surface area contributed by atoms with Gasteiger partial charge in [-0.15, -0.1) is 0 Å². The average molecular weight is 210 g/mol. The third-order valence-electron chi connectivity index (χ3n) is 2.61. The van der Waals surface area contributed by atoms with Crippen molar-refractivity contribution in [1.82, 2.24) is 4.98 Å². The average Bonchev–Trinajstić information content (AvgIpc) is 2.72. The van der Waals surface area contributed by atoms with Crippen LogP contribution in [0, 0.1) is 6.92 Å². The van der Waals surface area contributed by atoms with Crippen molar-refractivity contribution in [2.24, 2.45) is 5.73 Å². The van der Waals surface area contributed by atoms with Gasteiger partial charge in [0.25, 0.3) is 0 Å². The summed E-state index contributed by atoms with van der Waals surface area (Å²) in [6.07, 6.45) is 2.98. The molecule has 1 fully saturated rings. The van der Waals surface area contributed by atoms with Crippen molar-refractivity contribution in [3.8, 4) is 0 Å². The summed E-state index contributed by atoms with van der Waals surface area (Å²) >= 11 is 0.